The summed E-state index contributed by atoms with van der Waals surface area (Å²) >= 11 is 0. The molecule has 1 fully saturated rings. The molecule has 0 aromatic heterocycles. The van der Waals surface area contributed by atoms with Gasteiger partial charge in [-0.1, -0.05) is 0 Å². The molecular formula is C13H26N2O2. The summed E-state index contributed by atoms with van der Waals surface area (Å²) in [6.07, 6.45) is 5.23. The zero-order valence-corrected chi connectivity index (χ0v) is 11.2. The standard InChI is InChI=1S/C13H26N2O2/c1-11(2)15(9-8-14)13(16)7-6-12-5-3-4-10-17-12/h11-12H,3-10,14H2,1-2H3. The maximum absolute atomic E-state index is 12.0. The number of rotatable bonds is 6. The van der Waals surface area contributed by atoms with Crippen LogP contribution in [0.15, 0.2) is 0 Å². The van der Waals surface area contributed by atoms with E-state index in [1.807, 2.05) is 18.7 Å². The highest BCUT2D eigenvalue weighted by atomic mass is 16.5. The van der Waals surface area contributed by atoms with Gasteiger partial charge in [0, 0.05) is 32.2 Å². The van der Waals surface area contributed by atoms with Crippen molar-refractivity contribution in [3.63, 3.8) is 0 Å². The third-order valence-electron chi connectivity index (χ3n) is 3.27. The van der Waals surface area contributed by atoms with Crippen molar-refractivity contribution < 1.29 is 9.53 Å². The molecule has 0 saturated carbocycles. The van der Waals surface area contributed by atoms with Gasteiger partial charge in [0.1, 0.15) is 0 Å². The molecule has 1 rings (SSSR count). The molecule has 1 heterocycles. The van der Waals surface area contributed by atoms with Crippen LogP contribution in [0.1, 0.15) is 46.0 Å². The van der Waals surface area contributed by atoms with Crippen LogP contribution in [-0.2, 0) is 9.53 Å². The molecule has 4 nitrogen and oxygen atoms in total. The van der Waals surface area contributed by atoms with Gasteiger partial charge in [-0.3, -0.25) is 4.79 Å². The van der Waals surface area contributed by atoms with Crippen LogP contribution < -0.4 is 5.73 Å². The van der Waals surface area contributed by atoms with Crippen molar-refractivity contribution in [2.75, 3.05) is 19.7 Å². The van der Waals surface area contributed by atoms with Gasteiger partial charge in [-0.05, 0) is 39.5 Å². The molecule has 1 aliphatic heterocycles. The summed E-state index contributed by atoms with van der Waals surface area (Å²) in [7, 11) is 0. The summed E-state index contributed by atoms with van der Waals surface area (Å²) in [5.41, 5.74) is 5.53. The van der Waals surface area contributed by atoms with Crippen LogP contribution in [0.2, 0.25) is 0 Å². The second-order valence-electron chi connectivity index (χ2n) is 5.00. The van der Waals surface area contributed by atoms with Gasteiger partial charge < -0.3 is 15.4 Å². The summed E-state index contributed by atoms with van der Waals surface area (Å²) < 4.78 is 5.63. The number of nitrogens with zero attached hydrogens (tertiary/aromatic N) is 1. The molecule has 1 atom stereocenters. The van der Waals surface area contributed by atoms with Crippen molar-refractivity contribution in [2.45, 2.75) is 58.1 Å². The van der Waals surface area contributed by atoms with Gasteiger partial charge >= 0.3 is 0 Å². The number of hydrogen-bond acceptors (Lipinski definition) is 3. The summed E-state index contributed by atoms with van der Waals surface area (Å²) in [4.78, 5) is 13.9. The van der Waals surface area contributed by atoms with E-state index in [2.05, 4.69) is 0 Å². The van der Waals surface area contributed by atoms with E-state index in [4.69, 9.17) is 10.5 Å². The van der Waals surface area contributed by atoms with Crippen molar-refractivity contribution in [1.29, 1.82) is 0 Å². The third-order valence-corrected chi connectivity index (χ3v) is 3.27. The number of nitrogens with two attached hydrogens (primary N) is 1. The minimum atomic E-state index is 0.208. The highest BCUT2D eigenvalue weighted by Crippen LogP contribution is 2.17. The van der Waals surface area contributed by atoms with Crippen LogP contribution in [0.5, 0.6) is 0 Å². The van der Waals surface area contributed by atoms with E-state index in [1.54, 1.807) is 0 Å². The molecule has 1 unspecified atom stereocenters. The predicted molar refractivity (Wildman–Crippen MR) is 68.7 cm³/mol. The Hall–Kier alpha value is -0.610. The Morgan fingerprint density at radius 3 is 2.76 bits per heavy atom. The summed E-state index contributed by atoms with van der Waals surface area (Å²) in [6.45, 7) is 6.11. The fraction of sp³-hybridized carbons (Fsp3) is 0.923. The first-order valence-electron chi connectivity index (χ1n) is 6.76. The number of carbonyl (C=O) groups excluding carboxylic acids is 1. The lowest BCUT2D eigenvalue weighted by Crippen LogP contribution is -2.40. The maximum atomic E-state index is 12.0. The molecule has 4 heteroatoms. The first-order valence-corrected chi connectivity index (χ1v) is 6.76. The van der Waals surface area contributed by atoms with Gasteiger partial charge in [-0.25, -0.2) is 0 Å². The summed E-state index contributed by atoms with van der Waals surface area (Å²) in [6, 6.07) is 0.235. The number of carbonyl (C=O) groups is 1. The minimum Gasteiger partial charge on any atom is -0.378 e. The fourth-order valence-electron chi connectivity index (χ4n) is 2.27. The summed E-state index contributed by atoms with van der Waals surface area (Å²) in [5, 5.41) is 0. The van der Waals surface area contributed by atoms with Crippen LogP contribution >= 0.6 is 0 Å². The second-order valence-corrected chi connectivity index (χ2v) is 5.00. The maximum Gasteiger partial charge on any atom is 0.222 e. The van der Waals surface area contributed by atoms with Gasteiger partial charge in [0.05, 0.1) is 6.10 Å². The molecule has 0 aromatic rings. The first-order chi connectivity index (χ1) is 8.15. The molecule has 0 radical (unpaired) electrons. The van der Waals surface area contributed by atoms with E-state index in [9.17, 15) is 4.79 Å². The van der Waals surface area contributed by atoms with Crippen LogP contribution in [0.3, 0.4) is 0 Å². The average molecular weight is 242 g/mol. The molecular weight excluding hydrogens is 216 g/mol. The molecule has 0 aliphatic carbocycles. The van der Waals surface area contributed by atoms with Crippen molar-refractivity contribution >= 4 is 5.91 Å². The van der Waals surface area contributed by atoms with Crippen LogP contribution in [0.4, 0.5) is 0 Å². The molecule has 1 amide bonds. The Morgan fingerprint density at radius 1 is 1.47 bits per heavy atom. The Morgan fingerprint density at radius 2 is 2.24 bits per heavy atom. The molecule has 100 valence electrons. The Bertz CT molecular complexity index is 225. The lowest BCUT2D eigenvalue weighted by molar-refractivity contribution is -0.133. The summed E-state index contributed by atoms with van der Waals surface area (Å²) in [5.74, 6) is 0.208. The van der Waals surface area contributed by atoms with Gasteiger partial charge in [0.15, 0.2) is 0 Å². The van der Waals surface area contributed by atoms with Gasteiger partial charge in [-0.2, -0.15) is 0 Å². The van der Waals surface area contributed by atoms with Crippen molar-refractivity contribution in [1.82, 2.24) is 4.90 Å². The average Bonchev–Trinajstić information content (AvgIpc) is 2.34. The SMILES string of the molecule is CC(C)N(CCN)C(=O)CCC1CCCCO1. The lowest BCUT2D eigenvalue weighted by atomic mass is 10.0. The fourth-order valence-corrected chi connectivity index (χ4v) is 2.27. The van der Waals surface area contributed by atoms with E-state index in [0.717, 1.165) is 25.9 Å². The van der Waals surface area contributed by atoms with Gasteiger partial charge in [0.2, 0.25) is 5.91 Å². The molecule has 0 aromatic carbocycles. The van der Waals surface area contributed by atoms with Crippen molar-refractivity contribution in [3.8, 4) is 0 Å². The quantitative estimate of drug-likeness (QED) is 0.768. The van der Waals surface area contributed by atoms with Crippen molar-refractivity contribution in [3.05, 3.63) is 0 Å². The Kier molecular flexibility index (Phi) is 6.52. The number of hydrogen-bond donors (Lipinski definition) is 1. The zero-order valence-electron chi connectivity index (χ0n) is 11.2. The number of ether oxygens (including phenoxy) is 1. The molecule has 1 saturated heterocycles. The van der Waals surface area contributed by atoms with Gasteiger partial charge in [0.25, 0.3) is 0 Å². The van der Waals surface area contributed by atoms with E-state index < -0.39 is 0 Å². The molecule has 17 heavy (non-hydrogen) atoms. The smallest absolute Gasteiger partial charge is 0.222 e. The minimum absolute atomic E-state index is 0.208. The topological polar surface area (TPSA) is 55.6 Å². The van der Waals surface area contributed by atoms with Crippen LogP contribution in [0, 0.1) is 0 Å². The van der Waals surface area contributed by atoms with Crippen LogP contribution in [0.25, 0.3) is 0 Å². The van der Waals surface area contributed by atoms with E-state index in [0.29, 0.717) is 25.6 Å². The predicted octanol–water partition coefficient (Wildman–Crippen LogP) is 1.53. The normalized spacial score (nSPS) is 20.6. The lowest BCUT2D eigenvalue weighted by Gasteiger charge is -2.28. The Labute approximate surface area is 104 Å². The van der Waals surface area contributed by atoms with E-state index >= 15 is 0 Å². The third kappa shape index (κ3) is 5.04. The van der Waals surface area contributed by atoms with Crippen molar-refractivity contribution in [2.24, 2.45) is 5.73 Å². The molecule has 0 bridgehead atoms. The zero-order chi connectivity index (χ0) is 12.7. The monoisotopic (exact) mass is 242 g/mol. The van der Waals surface area contributed by atoms with Crippen LogP contribution in [-0.4, -0.2) is 42.6 Å². The Balaban J connectivity index is 2.30. The molecule has 1 aliphatic rings. The molecule has 0 spiro atoms. The molecule has 2 N–H and O–H groups in total. The highest BCUT2D eigenvalue weighted by Gasteiger charge is 2.19. The highest BCUT2D eigenvalue weighted by molar-refractivity contribution is 5.76. The van der Waals surface area contributed by atoms with Gasteiger partial charge in [-0.15, -0.1) is 0 Å². The number of amides is 1. The second kappa shape index (κ2) is 7.67. The first kappa shape index (κ1) is 14.5. The largest absolute Gasteiger partial charge is 0.378 e. The van der Waals surface area contributed by atoms with E-state index in [1.165, 1.54) is 6.42 Å². The van der Waals surface area contributed by atoms with E-state index in [-0.39, 0.29) is 11.9 Å².